The molecule has 4 rings (SSSR count). The second-order valence-electron chi connectivity index (χ2n) is 7.59. The van der Waals surface area contributed by atoms with E-state index in [0.717, 1.165) is 28.5 Å². The number of anilines is 1. The predicted octanol–water partition coefficient (Wildman–Crippen LogP) is 4.14. The molecule has 1 N–H and O–H groups in total. The fourth-order valence-corrected chi connectivity index (χ4v) is 4.44. The van der Waals surface area contributed by atoms with Crippen molar-refractivity contribution in [1.29, 1.82) is 0 Å². The van der Waals surface area contributed by atoms with Gasteiger partial charge < -0.3 is 4.42 Å². The van der Waals surface area contributed by atoms with Gasteiger partial charge in [-0.3, -0.25) is 24.6 Å². The van der Waals surface area contributed by atoms with Crippen LogP contribution in [-0.2, 0) is 22.4 Å². The Labute approximate surface area is 190 Å². The van der Waals surface area contributed by atoms with Crippen LogP contribution in [-0.4, -0.2) is 33.8 Å². The van der Waals surface area contributed by atoms with Crippen molar-refractivity contribution in [3.8, 4) is 11.5 Å². The summed E-state index contributed by atoms with van der Waals surface area (Å²) in [5.74, 6) is 1.27. The largest absolute Gasteiger partial charge is 0.439 e. The number of oxazole rings is 1. The fourth-order valence-electron chi connectivity index (χ4n) is 3.58. The van der Waals surface area contributed by atoms with Crippen molar-refractivity contribution in [2.75, 3.05) is 11.4 Å². The van der Waals surface area contributed by atoms with Crippen LogP contribution in [0.1, 0.15) is 23.8 Å². The summed E-state index contributed by atoms with van der Waals surface area (Å²) in [7, 11) is 0. The van der Waals surface area contributed by atoms with E-state index in [0.29, 0.717) is 36.9 Å². The van der Waals surface area contributed by atoms with E-state index in [2.05, 4.69) is 10.3 Å². The Hall–Kier alpha value is -3.39. The Kier molecular flexibility index (Phi) is 6.41. The van der Waals surface area contributed by atoms with E-state index in [1.54, 1.807) is 11.8 Å². The van der Waals surface area contributed by atoms with Crippen LogP contribution in [0.25, 0.3) is 11.5 Å². The Morgan fingerprint density at radius 3 is 2.41 bits per heavy atom. The molecule has 1 fully saturated rings. The molecule has 1 saturated heterocycles. The summed E-state index contributed by atoms with van der Waals surface area (Å²) < 4.78 is 5.82. The van der Waals surface area contributed by atoms with Gasteiger partial charge >= 0.3 is 0 Å². The second kappa shape index (κ2) is 9.40. The van der Waals surface area contributed by atoms with Gasteiger partial charge in [-0.1, -0.05) is 54.2 Å². The first-order chi connectivity index (χ1) is 15.4. The lowest BCUT2D eigenvalue weighted by atomic mass is 10.0. The van der Waals surface area contributed by atoms with Gasteiger partial charge in [0.15, 0.2) is 5.82 Å². The molecule has 7 nitrogen and oxygen atoms in total. The zero-order valence-corrected chi connectivity index (χ0v) is 18.6. The number of benzene rings is 2. The number of nitrogens with one attached hydrogen (secondary N) is 1. The van der Waals surface area contributed by atoms with Crippen molar-refractivity contribution < 1.29 is 18.8 Å². The molecule has 3 aromatic rings. The van der Waals surface area contributed by atoms with E-state index >= 15 is 0 Å². The van der Waals surface area contributed by atoms with E-state index in [4.69, 9.17) is 4.42 Å². The Morgan fingerprint density at radius 1 is 1.09 bits per heavy atom. The van der Waals surface area contributed by atoms with Gasteiger partial charge in [0, 0.05) is 19.0 Å². The average molecular weight is 450 g/mol. The minimum atomic E-state index is -0.379. The zero-order chi connectivity index (χ0) is 22.7. The summed E-state index contributed by atoms with van der Waals surface area (Å²) in [6.07, 6.45) is 1.15. The molecule has 0 unspecified atom stereocenters. The molecule has 2 aromatic carbocycles. The quantitative estimate of drug-likeness (QED) is 0.583. The number of imide groups is 1. The van der Waals surface area contributed by atoms with Crippen LogP contribution in [0.15, 0.2) is 59.0 Å². The molecule has 0 bridgehead atoms. The average Bonchev–Trinajstić information content (AvgIpc) is 3.31. The number of thioether (sulfide) groups is 1. The van der Waals surface area contributed by atoms with Crippen molar-refractivity contribution >= 4 is 34.6 Å². The third kappa shape index (κ3) is 4.91. The SMILES string of the molecule is CC(=O)N(CCc1ccc(C[C@H]2SC(=O)NC2=O)cc1)c1nc(-c2ccccc2)oc1C. The first-order valence-corrected chi connectivity index (χ1v) is 11.2. The minimum Gasteiger partial charge on any atom is -0.439 e. The number of amides is 3. The van der Waals surface area contributed by atoms with Crippen LogP contribution in [0.2, 0.25) is 0 Å². The minimum absolute atomic E-state index is 0.105. The third-order valence-corrected chi connectivity index (χ3v) is 6.25. The third-order valence-electron chi connectivity index (χ3n) is 5.26. The summed E-state index contributed by atoms with van der Waals surface area (Å²) >= 11 is 1.03. The summed E-state index contributed by atoms with van der Waals surface area (Å²) in [5.41, 5.74) is 2.90. The van der Waals surface area contributed by atoms with Gasteiger partial charge in [0.05, 0.1) is 5.25 Å². The van der Waals surface area contributed by atoms with Crippen LogP contribution in [0, 0.1) is 6.92 Å². The second-order valence-corrected chi connectivity index (χ2v) is 8.76. The lowest BCUT2D eigenvalue weighted by molar-refractivity contribution is -0.119. The van der Waals surface area contributed by atoms with Gasteiger partial charge in [0.2, 0.25) is 17.7 Å². The highest BCUT2D eigenvalue weighted by Crippen LogP contribution is 2.27. The maximum atomic E-state index is 12.3. The smallest absolute Gasteiger partial charge is 0.286 e. The highest BCUT2D eigenvalue weighted by molar-refractivity contribution is 8.15. The van der Waals surface area contributed by atoms with E-state index in [9.17, 15) is 14.4 Å². The lowest BCUT2D eigenvalue weighted by Crippen LogP contribution is -2.31. The first kappa shape index (κ1) is 21.8. The Bertz CT molecular complexity index is 1140. The van der Waals surface area contributed by atoms with Gasteiger partial charge in [0.1, 0.15) is 5.76 Å². The monoisotopic (exact) mass is 449 g/mol. The van der Waals surface area contributed by atoms with Gasteiger partial charge in [-0.05, 0) is 43.0 Å². The molecule has 0 radical (unpaired) electrons. The van der Waals surface area contributed by atoms with Crippen LogP contribution in [0.4, 0.5) is 10.6 Å². The van der Waals surface area contributed by atoms with Crippen molar-refractivity contribution in [3.05, 3.63) is 71.5 Å². The number of carbonyl (C=O) groups is 3. The van der Waals surface area contributed by atoms with Crippen molar-refractivity contribution in [2.24, 2.45) is 0 Å². The van der Waals surface area contributed by atoms with Crippen molar-refractivity contribution in [1.82, 2.24) is 10.3 Å². The van der Waals surface area contributed by atoms with Gasteiger partial charge in [-0.25, -0.2) is 0 Å². The van der Waals surface area contributed by atoms with E-state index in [-0.39, 0.29) is 22.3 Å². The molecule has 1 aliphatic heterocycles. The van der Waals surface area contributed by atoms with Gasteiger partial charge in [0.25, 0.3) is 5.24 Å². The molecule has 0 aliphatic carbocycles. The number of carbonyl (C=O) groups excluding carboxylic acids is 3. The van der Waals surface area contributed by atoms with Crippen LogP contribution < -0.4 is 10.2 Å². The topological polar surface area (TPSA) is 92.5 Å². The number of aromatic nitrogens is 1. The Balaban J connectivity index is 1.42. The molecular weight excluding hydrogens is 426 g/mol. The standard InChI is InChI=1S/C24H23N3O4S/c1-15-21(25-23(31-15)19-6-4-3-5-7-19)27(16(2)28)13-12-17-8-10-18(11-9-17)14-20-22(29)26-24(30)32-20/h3-11,20H,12-14H2,1-2H3,(H,26,29,30)/t20-/m1/s1. The normalized spacial score (nSPS) is 15.6. The summed E-state index contributed by atoms with van der Waals surface area (Å²) in [6, 6.07) is 17.5. The molecule has 8 heteroatoms. The van der Waals surface area contributed by atoms with Crippen molar-refractivity contribution in [2.45, 2.75) is 31.9 Å². The summed E-state index contributed by atoms with van der Waals surface area (Å²) in [6.45, 7) is 3.79. The highest BCUT2D eigenvalue weighted by Gasteiger charge is 2.31. The van der Waals surface area contributed by atoms with Gasteiger partial charge in [-0.15, -0.1) is 0 Å². The Morgan fingerprint density at radius 2 is 1.78 bits per heavy atom. The number of hydrogen-bond donors (Lipinski definition) is 1. The van der Waals surface area contributed by atoms with E-state index in [1.165, 1.54) is 6.92 Å². The van der Waals surface area contributed by atoms with E-state index < -0.39 is 0 Å². The number of nitrogens with zero attached hydrogens (tertiary/aromatic N) is 2. The molecule has 1 aromatic heterocycles. The van der Waals surface area contributed by atoms with Crippen LogP contribution >= 0.6 is 11.8 Å². The van der Waals surface area contributed by atoms with Crippen LogP contribution in [0.3, 0.4) is 0 Å². The maximum Gasteiger partial charge on any atom is 0.286 e. The molecular formula is C24H23N3O4S. The van der Waals surface area contributed by atoms with E-state index in [1.807, 2.05) is 54.6 Å². The molecule has 3 amide bonds. The van der Waals surface area contributed by atoms with Gasteiger partial charge in [-0.2, -0.15) is 4.98 Å². The molecule has 1 aliphatic rings. The number of rotatable bonds is 7. The van der Waals surface area contributed by atoms with Crippen molar-refractivity contribution in [3.63, 3.8) is 0 Å². The molecule has 0 spiro atoms. The fraction of sp³-hybridized carbons (Fsp3) is 0.250. The molecule has 32 heavy (non-hydrogen) atoms. The highest BCUT2D eigenvalue weighted by atomic mass is 32.2. The molecule has 2 heterocycles. The molecule has 1 atom stereocenters. The zero-order valence-electron chi connectivity index (χ0n) is 17.8. The summed E-state index contributed by atoms with van der Waals surface area (Å²) in [4.78, 5) is 41.6. The number of aryl methyl sites for hydroxylation is 1. The first-order valence-electron chi connectivity index (χ1n) is 10.3. The maximum absolute atomic E-state index is 12.3. The predicted molar refractivity (Wildman–Crippen MR) is 123 cm³/mol. The number of hydrogen-bond acceptors (Lipinski definition) is 6. The summed E-state index contributed by atoms with van der Waals surface area (Å²) in [5, 5.41) is 1.64. The van der Waals surface area contributed by atoms with Crippen LogP contribution in [0.5, 0.6) is 0 Å². The lowest BCUT2D eigenvalue weighted by Gasteiger charge is -2.19. The molecule has 0 saturated carbocycles. The molecule has 164 valence electrons.